The molecule has 0 unspecified atom stereocenters. The number of nitrogens with one attached hydrogen (secondary N) is 1. The van der Waals surface area contributed by atoms with Crippen molar-refractivity contribution in [2.75, 3.05) is 5.32 Å². The Labute approximate surface area is 110 Å². The second-order valence-corrected chi connectivity index (χ2v) is 4.73. The summed E-state index contributed by atoms with van der Waals surface area (Å²) in [6.07, 6.45) is 7.82. The summed E-state index contributed by atoms with van der Waals surface area (Å²) in [6, 6.07) is 5.65. The van der Waals surface area contributed by atoms with E-state index in [4.69, 9.17) is 0 Å². The number of amides is 1. The van der Waals surface area contributed by atoms with Gasteiger partial charge >= 0.3 is 0 Å². The van der Waals surface area contributed by atoms with E-state index in [2.05, 4.69) is 17.2 Å². The summed E-state index contributed by atoms with van der Waals surface area (Å²) < 4.78 is 0. The van der Waals surface area contributed by atoms with Crippen LogP contribution in [0.2, 0.25) is 0 Å². The quantitative estimate of drug-likeness (QED) is 0.704. The fourth-order valence-electron chi connectivity index (χ4n) is 1.88. The lowest BCUT2D eigenvalue weighted by molar-refractivity contribution is -0.116. The van der Waals surface area contributed by atoms with Crippen LogP contribution in [0, 0.1) is 6.92 Å². The van der Waals surface area contributed by atoms with Crippen LogP contribution >= 0.6 is 0 Å². The van der Waals surface area contributed by atoms with Gasteiger partial charge in [-0.05, 0) is 25.5 Å². The topological polar surface area (TPSA) is 42.0 Å². The van der Waals surface area contributed by atoms with Gasteiger partial charge in [-0.2, -0.15) is 0 Å². The van der Waals surface area contributed by atoms with E-state index < -0.39 is 0 Å². The SMILES string of the molecule is CCCCCCCCC(=O)Nc1cccc(C)n1. The first-order chi connectivity index (χ1) is 8.72. The van der Waals surface area contributed by atoms with Gasteiger partial charge in [-0.25, -0.2) is 4.98 Å². The summed E-state index contributed by atoms with van der Waals surface area (Å²) in [7, 11) is 0. The highest BCUT2D eigenvalue weighted by Gasteiger charge is 2.02. The molecule has 0 atom stereocenters. The molecule has 100 valence electrons. The van der Waals surface area contributed by atoms with Crippen LogP contribution in [0.1, 0.15) is 57.6 Å². The molecule has 3 heteroatoms. The number of nitrogens with zero attached hydrogens (tertiary/aromatic N) is 1. The number of carbonyl (C=O) groups is 1. The minimum Gasteiger partial charge on any atom is -0.311 e. The lowest BCUT2D eigenvalue weighted by Crippen LogP contribution is -2.12. The third-order valence-corrected chi connectivity index (χ3v) is 2.91. The maximum atomic E-state index is 11.7. The Morgan fingerprint density at radius 2 is 1.89 bits per heavy atom. The molecular formula is C15H24N2O. The van der Waals surface area contributed by atoms with Crippen LogP contribution in [0.5, 0.6) is 0 Å². The third kappa shape index (κ3) is 6.38. The number of aryl methyl sites for hydroxylation is 1. The van der Waals surface area contributed by atoms with Crippen LogP contribution < -0.4 is 5.32 Å². The number of anilines is 1. The van der Waals surface area contributed by atoms with Crippen molar-refractivity contribution >= 4 is 11.7 Å². The summed E-state index contributed by atoms with van der Waals surface area (Å²) in [5.41, 5.74) is 0.923. The fraction of sp³-hybridized carbons (Fsp3) is 0.600. The van der Waals surface area contributed by atoms with Gasteiger partial charge in [-0.3, -0.25) is 4.79 Å². The van der Waals surface area contributed by atoms with Crippen molar-refractivity contribution in [3.05, 3.63) is 23.9 Å². The molecular weight excluding hydrogens is 224 g/mol. The highest BCUT2D eigenvalue weighted by molar-refractivity contribution is 5.89. The van der Waals surface area contributed by atoms with E-state index in [9.17, 15) is 4.79 Å². The van der Waals surface area contributed by atoms with Gasteiger partial charge < -0.3 is 5.32 Å². The van der Waals surface area contributed by atoms with Crippen molar-refractivity contribution < 1.29 is 4.79 Å². The van der Waals surface area contributed by atoms with Crippen LogP contribution in [-0.4, -0.2) is 10.9 Å². The van der Waals surface area contributed by atoms with E-state index in [0.29, 0.717) is 12.2 Å². The zero-order valence-electron chi connectivity index (χ0n) is 11.5. The molecule has 1 N–H and O–H groups in total. The monoisotopic (exact) mass is 248 g/mol. The van der Waals surface area contributed by atoms with Gasteiger partial charge in [0, 0.05) is 12.1 Å². The molecule has 0 fully saturated rings. The smallest absolute Gasteiger partial charge is 0.225 e. The molecule has 0 bridgehead atoms. The van der Waals surface area contributed by atoms with Crippen LogP contribution in [0.3, 0.4) is 0 Å². The molecule has 0 aliphatic rings. The molecule has 0 saturated carbocycles. The van der Waals surface area contributed by atoms with Gasteiger partial charge in [0.15, 0.2) is 0 Å². The van der Waals surface area contributed by atoms with Crippen LogP contribution in [-0.2, 0) is 4.79 Å². The number of unbranched alkanes of at least 4 members (excludes halogenated alkanes) is 5. The molecule has 18 heavy (non-hydrogen) atoms. The van der Waals surface area contributed by atoms with E-state index in [1.54, 1.807) is 0 Å². The van der Waals surface area contributed by atoms with Gasteiger partial charge in [0.2, 0.25) is 5.91 Å². The van der Waals surface area contributed by atoms with E-state index in [-0.39, 0.29) is 5.91 Å². The minimum atomic E-state index is 0.0728. The van der Waals surface area contributed by atoms with Gasteiger partial charge in [0.1, 0.15) is 5.82 Å². The van der Waals surface area contributed by atoms with Crippen molar-refractivity contribution in [3.8, 4) is 0 Å². The summed E-state index contributed by atoms with van der Waals surface area (Å²) in [4.78, 5) is 15.9. The fourth-order valence-corrected chi connectivity index (χ4v) is 1.88. The Hall–Kier alpha value is -1.38. The lowest BCUT2D eigenvalue weighted by atomic mass is 10.1. The molecule has 0 aliphatic carbocycles. The standard InChI is InChI=1S/C15H24N2O/c1-3-4-5-6-7-8-12-15(18)17-14-11-9-10-13(2)16-14/h9-11H,3-8,12H2,1-2H3,(H,16,17,18). The molecule has 1 rings (SSSR count). The molecule has 0 radical (unpaired) electrons. The first-order valence-electron chi connectivity index (χ1n) is 6.96. The van der Waals surface area contributed by atoms with Crippen LogP contribution in [0.25, 0.3) is 0 Å². The van der Waals surface area contributed by atoms with Crippen LogP contribution in [0.15, 0.2) is 18.2 Å². The van der Waals surface area contributed by atoms with Crippen molar-refractivity contribution in [1.29, 1.82) is 0 Å². The average molecular weight is 248 g/mol. The largest absolute Gasteiger partial charge is 0.311 e. The predicted molar refractivity (Wildman–Crippen MR) is 75.6 cm³/mol. The van der Waals surface area contributed by atoms with E-state index >= 15 is 0 Å². The molecule has 1 heterocycles. The number of rotatable bonds is 8. The summed E-state index contributed by atoms with van der Waals surface area (Å²) in [5.74, 6) is 0.731. The highest BCUT2D eigenvalue weighted by Crippen LogP contribution is 2.09. The number of carbonyl (C=O) groups excluding carboxylic acids is 1. The average Bonchev–Trinajstić information content (AvgIpc) is 2.33. The Morgan fingerprint density at radius 1 is 1.17 bits per heavy atom. The molecule has 1 aromatic rings. The van der Waals surface area contributed by atoms with Gasteiger partial charge in [0.05, 0.1) is 0 Å². The number of hydrogen-bond donors (Lipinski definition) is 1. The van der Waals surface area contributed by atoms with Crippen molar-refractivity contribution in [3.63, 3.8) is 0 Å². The molecule has 0 aromatic carbocycles. The number of aromatic nitrogens is 1. The zero-order chi connectivity index (χ0) is 13.2. The Balaban J connectivity index is 2.14. The Morgan fingerprint density at radius 3 is 2.61 bits per heavy atom. The lowest BCUT2D eigenvalue weighted by Gasteiger charge is -2.05. The normalized spacial score (nSPS) is 10.3. The maximum Gasteiger partial charge on any atom is 0.225 e. The zero-order valence-corrected chi connectivity index (χ0v) is 11.5. The molecule has 3 nitrogen and oxygen atoms in total. The number of hydrogen-bond acceptors (Lipinski definition) is 2. The molecule has 0 spiro atoms. The van der Waals surface area contributed by atoms with E-state index in [1.807, 2.05) is 25.1 Å². The van der Waals surface area contributed by atoms with E-state index in [0.717, 1.165) is 18.5 Å². The maximum absolute atomic E-state index is 11.7. The Bertz CT molecular complexity index is 363. The predicted octanol–water partition coefficient (Wildman–Crippen LogP) is 4.08. The van der Waals surface area contributed by atoms with Gasteiger partial charge in [-0.1, -0.05) is 45.1 Å². The second-order valence-electron chi connectivity index (χ2n) is 4.73. The molecule has 0 aliphatic heterocycles. The minimum absolute atomic E-state index is 0.0728. The van der Waals surface area contributed by atoms with Crippen LogP contribution in [0.4, 0.5) is 5.82 Å². The third-order valence-electron chi connectivity index (χ3n) is 2.91. The molecule has 0 saturated heterocycles. The molecule has 1 amide bonds. The van der Waals surface area contributed by atoms with Gasteiger partial charge in [0.25, 0.3) is 0 Å². The summed E-state index contributed by atoms with van der Waals surface area (Å²) >= 11 is 0. The Kier molecular flexibility index (Phi) is 7.07. The second kappa shape index (κ2) is 8.67. The first-order valence-corrected chi connectivity index (χ1v) is 6.96. The number of pyridine rings is 1. The van der Waals surface area contributed by atoms with Crippen molar-refractivity contribution in [2.45, 2.75) is 58.8 Å². The molecule has 1 aromatic heterocycles. The summed E-state index contributed by atoms with van der Waals surface area (Å²) in [5, 5.41) is 2.83. The first kappa shape index (κ1) is 14.7. The summed E-state index contributed by atoms with van der Waals surface area (Å²) in [6.45, 7) is 4.13. The highest BCUT2D eigenvalue weighted by atomic mass is 16.1. The van der Waals surface area contributed by atoms with Crippen molar-refractivity contribution in [1.82, 2.24) is 4.98 Å². The van der Waals surface area contributed by atoms with Crippen molar-refractivity contribution in [2.24, 2.45) is 0 Å². The van der Waals surface area contributed by atoms with E-state index in [1.165, 1.54) is 25.7 Å². The van der Waals surface area contributed by atoms with Gasteiger partial charge in [-0.15, -0.1) is 0 Å².